The largest absolute Gasteiger partial charge is 0.463 e. The molecule has 2 rings (SSSR count). The van der Waals surface area contributed by atoms with Crippen LogP contribution in [0.4, 0.5) is 0 Å². The zero-order valence-electron chi connectivity index (χ0n) is 18.0. The van der Waals surface area contributed by atoms with Gasteiger partial charge in [-0.1, -0.05) is 18.2 Å². The molecule has 1 fully saturated rings. The van der Waals surface area contributed by atoms with Crippen LogP contribution in [0, 0.1) is 6.92 Å². The summed E-state index contributed by atoms with van der Waals surface area (Å²) < 4.78 is 32.9. The Bertz CT molecular complexity index is 820. The lowest BCUT2D eigenvalue weighted by atomic mass is 9.98. The van der Waals surface area contributed by atoms with E-state index in [2.05, 4.69) is 0 Å². The van der Waals surface area contributed by atoms with Gasteiger partial charge in [0.1, 0.15) is 18.5 Å². The van der Waals surface area contributed by atoms with Crippen LogP contribution in [0.3, 0.4) is 0 Å². The van der Waals surface area contributed by atoms with Crippen molar-refractivity contribution in [2.24, 2.45) is 0 Å². The Morgan fingerprint density at radius 1 is 0.806 bits per heavy atom. The number of para-hydroxylation sites is 1. The Balaban J connectivity index is 2.46. The highest BCUT2D eigenvalue weighted by molar-refractivity contribution is 5.68. The second kappa shape index (κ2) is 10.8. The van der Waals surface area contributed by atoms with Crippen LogP contribution in [0.5, 0.6) is 5.75 Å². The number of ether oxygens (including phenoxy) is 6. The van der Waals surface area contributed by atoms with E-state index in [1.54, 1.807) is 25.1 Å². The summed E-state index contributed by atoms with van der Waals surface area (Å²) in [5.41, 5.74) is 0.773. The Hall–Kier alpha value is -3.14. The Labute approximate surface area is 179 Å². The Morgan fingerprint density at radius 2 is 1.35 bits per heavy atom. The van der Waals surface area contributed by atoms with Crippen LogP contribution in [0.2, 0.25) is 0 Å². The molecule has 0 amide bonds. The first-order valence-electron chi connectivity index (χ1n) is 9.61. The molecule has 170 valence electrons. The summed E-state index contributed by atoms with van der Waals surface area (Å²) in [6, 6.07) is 7.05. The number of hydrogen-bond donors (Lipinski definition) is 0. The summed E-state index contributed by atoms with van der Waals surface area (Å²) in [5, 5.41) is 0. The average molecular weight is 438 g/mol. The van der Waals surface area contributed by atoms with Crippen molar-refractivity contribution in [2.45, 2.75) is 65.3 Å². The van der Waals surface area contributed by atoms with Crippen LogP contribution in [0.25, 0.3) is 0 Å². The van der Waals surface area contributed by atoms with Gasteiger partial charge in [-0.2, -0.15) is 0 Å². The average Bonchev–Trinajstić information content (AvgIpc) is 2.65. The standard InChI is InChI=1S/C21H26O10/c1-11-8-6-7-9-16(11)30-21-20(29-15(5)25)19(28-14(4)24)18(27-13(3)23)17(31-21)10-26-12(2)22/h6-9,17-21H,10H2,1-5H3/t17-,18+,19+,20-,21+/m1/s1. The monoisotopic (exact) mass is 438 g/mol. The van der Waals surface area contributed by atoms with Crippen molar-refractivity contribution in [3.63, 3.8) is 0 Å². The molecule has 5 atom stereocenters. The third kappa shape index (κ3) is 6.95. The van der Waals surface area contributed by atoms with Crippen LogP contribution in [0.15, 0.2) is 24.3 Å². The van der Waals surface area contributed by atoms with E-state index in [9.17, 15) is 19.2 Å². The lowest BCUT2D eigenvalue weighted by Crippen LogP contribution is -2.63. The van der Waals surface area contributed by atoms with Gasteiger partial charge >= 0.3 is 23.9 Å². The number of aryl methyl sites for hydroxylation is 1. The quantitative estimate of drug-likeness (QED) is 0.456. The summed E-state index contributed by atoms with van der Waals surface area (Å²) in [4.78, 5) is 46.6. The van der Waals surface area contributed by atoms with Crippen molar-refractivity contribution >= 4 is 23.9 Å². The molecule has 0 aliphatic carbocycles. The molecule has 1 aliphatic heterocycles. The van der Waals surface area contributed by atoms with Gasteiger partial charge in [0.25, 0.3) is 0 Å². The molecule has 0 radical (unpaired) electrons. The van der Waals surface area contributed by atoms with E-state index in [1.165, 1.54) is 13.8 Å². The molecular formula is C21H26O10. The smallest absolute Gasteiger partial charge is 0.303 e. The maximum Gasteiger partial charge on any atom is 0.303 e. The first kappa shape index (κ1) is 24.1. The second-order valence-corrected chi connectivity index (χ2v) is 6.95. The number of hydrogen-bond acceptors (Lipinski definition) is 10. The summed E-state index contributed by atoms with van der Waals surface area (Å²) in [7, 11) is 0. The van der Waals surface area contributed by atoms with E-state index in [-0.39, 0.29) is 6.61 Å². The maximum absolute atomic E-state index is 11.8. The predicted octanol–water partition coefficient (Wildman–Crippen LogP) is 1.46. The van der Waals surface area contributed by atoms with Gasteiger partial charge in [-0.3, -0.25) is 19.2 Å². The third-order valence-electron chi connectivity index (χ3n) is 4.28. The van der Waals surface area contributed by atoms with Gasteiger partial charge in [0, 0.05) is 27.7 Å². The minimum Gasteiger partial charge on any atom is -0.463 e. The minimum absolute atomic E-state index is 0.314. The fourth-order valence-electron chi connectivity index (χ4n) is 3.10. The molecule has 0 bridgehead atoms. The number of esters is 4. The molecule has 0 saturated carbocycles. The highest BCUT2D eigenvalue weighted by atomic mass is 16.7. The molecule has 0 N–H and O–H groups in total. The highest BCUT2D eigenvalue weighted by Crippen LogP contribution is 2.31. The maximum atomic E-state index is 11.8. The first-order chi connectivity index (χ1) is 14.6. The van der Waals surface area contributed by atoms with E-state index in [0.29, 0.717) is 5.75 Å². The van der Waals surface area contributed by atoms with E-state index in [1.807, 2.05) is 6.07 Å². The van der Waals surface area contributed by atoms with Gasteiger partial charge in [0.05, 0.1) is 0 Å². The van der Waals surface area contributed by atoms with Crippen molar-refractivity contribution in [2.75, 3.05) is 6.61 Å². The van der Waals surface area contributed by atoms with Crippen molar-refractivity contribution in [3.8, 4) is 5.75 Å². The van der Waals surface area contributed by atoms with E-state index < -0.39 is 54.6 Å². The van der Waals surface area contributed by atoms with Crippen LogP contribution in [0.1, 0.15) is 33.3 Å². The van der Waals surface area contributed by atoms with Gasteiger partial charge < -0.3 is 28.4 Å². The van der Waals surface area contributed by atoms with Crippen LogP contribution in [-0.2, 0) is 42.9 Å². The fourth-order valence-corrected chi connectivity index (χ4v) is 3.10. The van der Waals surface area contributed by atoms with Crippen LogP contribution in [-0.4, -0.2) is 61.2 Å². The van der Waals surface area contributed by atoms with Crippen molar-refractivity contribution < 1.29 is 47.6 Å². The molecule has 0 unspecified atom stereocenters. The lowest BCUT2D eigenvalue weighted by molar-refractivity contribution is -0.288. The molecular weight excluding hydrogens is 412 g/mol. The van der Waals surface area contributed by atoms with Crippen molar-refractivity contribution in [3.05, 3.63) is 29.8 Å². The number of carbonyl (C=O) groups excluding carboxylic acids is 4. The fraction of sp³-hybridized carbons (Fsp3) is 0.524. The van der Waals surface area contributed by atoms with E-state index in [4.69, 9.17) is 28.4 Å². The summed E-state index contributed by atoms with van der Waals surface area (Å²) >= 11 is 0. The molecule has 10 nitrogen and oxygen atoms in total. The minimum atomic E-state index is -1.27. The number of rotatable bonds is 7. The molecule has 1 aromatic carbocycles. The SMILES string of the molecule is CC(=O)OC[C@H]1O[C@H](Oc2ccccc2C)[C@H](OC(C)=O)[C@@H](OC(C)=O)[C@H]1OC(C)=O. The summed E-state index contributed by atoms with van der Waals surface area (Å²) in [5.74, 6) is -2.25. The summed E-state index contributed by atoms with van der Waals surface area (Å²) in [6.45, 7) is 6.18. The third-order valence-corrected chi connectivity index (χ3v) is 4.28. The zero-order chi connectivity index (χ0) is 23.1. The Kier molecular flexibility index (Phi) is 8.38. The topological polar surface area (TPSA) is 124 Å². The van der Waals surface area contributed by atoms with E-state index >= 15 is 0 Å². The molecule has 1 heterocycles. The van der Waals surface area contributed by atoms with Crippen molar-refractivity contribution in [1.82, 2.24) is 0 Å². The summed E-state index contributed by atoms with van der Waals surface area (Å²) in [6.07, 6.45) is -6.06. The second-order valence-electron chi connectivity index (χ2n) is 6.95. The highest BCUT2D eigenvalue weighted by Gasteiger charge is 2.53. The molecule has 1 saturated heterocycles. The van der Waals surface area contributed by atoms with Crippen LogP contribution < -0.4 is 4.74 Å². The van der Waals surface area contributed by atoms with Crippen LogP contribution >= 0.6 is 0 Å². The van der Waals surface area contributed by atoms with E-state index in [0.717, 1.165) is 19.4 Å². The van der Waals surface area contributed by atoms with Gasteiger partial charge in [0.15, 0.2) is 12.2 Å². The normalized spacial score (nSPS) is 25.1. The van der Waals surface area contributed by atoms with Gasteiger partial charge in [0.2, 0.25) is 12.4 Å². The molecule has 1 aliphatic rings. The van der Waals surface area contributed by atoms with Crippen molar-refractivity contribution in [1.29, 1.82) is 0 Å². The van der Waals surface area contributed by atoms with Gasteiger partial charge in [-0.25, -0.2) is 0 Å². The first-order valence-corrected chi connectivity index (χ1v) is 9.61. The predicted molar refractivity (Wildman–Crippen MR) is 104 cm³/mol. The molecule has 1 aromatic rings. The zero-order valence-corrected chi connectivity index (χ0v) is 18.0. The molecule has 0 spiro atoms. The van der Waals surface area contributed by atoms with Gasteiger partial charge in [-0.15, -0.1) is 0 Å². The number of carbonyl (C=O) groups is 4. The number of benzene rings is 1. The molecule has 10 heteroatoms. The molecule has 31 heavy (non-hydrogen) atoms. The van der Waals surface area contributed by atoms with Gasteiger partial charge in [-0.05, 0) is 18.6 Å². The lowest BCUT2D eigenvalue weighted by Gasteiger charge is -2.44. The Morgan fingerprint density at radius 3 is 1.90 bits per heavy atom. The molecule has 0 aromatic heterocycles.